The number of para-hydroxylation sites is 5. The maximum Gasteiger partial charge on any atom is 0.147 e. The third kappa shape index (κ3) is 5.19. The maximum atomic E-state index is 7.64. The van der Waals surface area contributed by atoms with Crippen LogP contribution in [0, 0.1) is 0 Å². The van der Waals surface area contributed by atoms with Gasteiger partial charge in [0.05, 0.1) is 43.9 Å². The van der Waals surface area contributed by atoms with E-state index in [1.54, 1.807) is 0 Å². The largest absolute Gasteiger partial charge is 0.456 e. The van der Waals surface area contributed by atoms with Crippen molar-refractivity contribution in [3.8, 4) is 11.4 Å². The molecule has 1 atom stereocenters. The van der Waals surface area contributed by atoms with Gasteiger partial charge in [0.1, 0.15) is 22.3 Å². The molecule has 14 aromatic rings. The average Bonchev–Trinajstić information content (AvgIpc) is 4.19. The van der Waals surface area contributed by atoms with E-state index in [4.69, 9.17) is 8.83 Å². The Kier molecular flexibility index (Phi) is 7.64. The summed E-state index contributed by atoms with van der Waals surface area (Å²) in [4.78, 5) is 3.78. The Morgan fingerprint density at radius 2 is 1.09 bits per heavy atom. The number of nitrogens with zero attached hydrogens (tertiary/aromatic N) is 3. The number of benzene rings is 9. The summed E-state index contributed by atoms with van der Waals surface area (Å²) in [6.07, 6.45) is 5.71. The van der Waals surface area contributed by atoms with Gasteiger partial charge < -0.3 is 22.9 Å². The molecule has 5 heterocycles. The van der Waals surface area contributed by atoms with Crippen molar-refractivity contribution < 1.29 is 8.83 Å². The Labute approximate surface area is 388 Å². The Balaban J connectivity index is 1.09. The highest BCUT2D eigenvalue weighted by atomic mass is 32.1. The van der Waals surface area contributed by atoms with Crippen molar-refractivity contribution in [2.45, 2.75) is 19.3 Å². The lowest BCUT2D eigenvalue weighted by Gasteiger charge is -2.26. The van der Waals surface area contributed by atoms with Crippen LogP contribution in [0.25, 0.3) is 115 Å². The first-order valence-corrected chi connectivity index (χ1v) is 23.9. The van der Waals surface area contributed by atoms with E-state index >= 15 is 0 Å². The van der Waals surface area contributed by atoms with Crippen LogP contribution in [0.2, 0.25) is 0 Å². The van der Waals surface area contributed by atoms with E-state index in [1.165, 1.54) is 20.5 Å². The predicted molar refractivity (Wildman–Crippen MR) is 282 cm³/mol. The fourth-order valence-corrected chi connectivity index (χ4v) is 12.7. The molecule has 0 N–H and O–H groups in total. The SMILES string of the molecule is CC1CC=Cc2sc3ccc(-n4c5ccccc5c5c6oc7c(c(N(c8ccccc8)c8ccccc8)cc8c7c7ccccc7n8-c7ccc8oc9ccccc9c8c7)c6ccc54)cc3c21. The standard InChI is InChI=1S/C61H39N3O2S/c1-36-15-14-26-55-56(36)46-34-40(28-32-54(46)67-55)63-47-23-11-8-21-42(47)57-49(63)30-29-44-59-50(62(37-16-4-2-5-17-37)38-18-6-3-7-19-38)35-51-58(61(59)66-60(44)57)43-22-9-12-24-48(43)64(51)39-27-31-53-45(33-39)41-20-10-13-25-52(41)65-53/h2-14,16-36H,15H2,1H3. The fraction of sp³-hybridized carbons (Fsp3) is 0.0492. The molecule has 5 aromatic heterocycles. The van der Waals surface area contributed by atoms with Gasteiger partial charge in [0.15, 0.2) is 0 Å². The number of allylic oxidation sites excluding steroid dienone is 1. The second-order valence-corrected chi connectivity index (χ2v) is 19.1. The zero-order valence-electron chi connectivity index (χ0n) is 36.4. The highest BCUT2D eigenvalue weighted by molar-refractivity contribution is 7.20. The molecule has 0 bridgehead atoms. The number of hydrogen-bond acceptors (Lipinski definition) is 4. The van der Waals surface area contributed by atoms with Crippen LogP contribution in [0.15, 0.2) is 203 Å². The monoisotopic (exact) mass is 877 g/mol. The molecule has 15 rings (SSSR count). The molecule has 6 heteroatoms. The summed E-state index contributed by atoms with van der Waals surface area (Å²) in [5.74, 6) is 0.481. The topological polar surface area (TPSA) is 39.4 Å². The minimum Gasteiger partial charge on any atom is -0.456 e. The smallest absolute Gasteiger partial charge is 0.147 e. The molecule has 0 spiro atoms. The molecule has 316 valence electrons. The summed E-state index contributed by atoms with van der Waals surface area (Å²) < 4.78 is 20.2. The number of thiophene rings is 1. The van der Waals surface area contributed by atoms with E-state index in [0.29, 0.717) is 5.92 Å². The van der Waals surface area contributed by atoms with Gasteiger partial charge in [-0.1, -0.05) is 104 Å². The van der Waals surface area contributed by atoms with Crippen LogP contribution in [0.1, 0.15) is 29.7 Å². The predicted octanol–water partition coefficient (Wildman–Crippen LogP) is 17.9. The number of fused-ring (bicyclic) bond motifs is 17. The van der Waals surface area contributed by atoms with E-state index < -0.39 is 0 Å². The van der Waals surface area contributed by atoms with Gasteiger partial charge in [-0.2, -0.15) is 0 Å². The van der Waals surface area contributed by atoms with E-state index in [0.717, 1.165) is 122 Å². The Morgan fingerprint density at radius 1 is 0.478 bits per heavy atom. The lowest BCUT2D eigenvalue weighted by atomic mass is 9.91. The third-order valence-electron chi connectivity index (χ3n) is 14.3. The molecule has 0 fully saturated rings. The average molecular weight is 878 g/mol. The minimum atomic E-state index is 0.481. The number of rotatable bonds is 5. The van der Waals surface area contributed by atoms with E-state index in [-0.39, 0.29) is 0 Å². The first kappa shape index (κ1) is 37.0. The van der Waals surface area contributed by atoms with Crippen molar-refractivity contribution in [1.29, 1.82) is 0 Å². The first-order chi connectivity index (χ1) is 33.2. The summed E-state index contributed by atoms with van der Waals surface area (Å²) in [5, 5.41) is 10.2. The molecule has 0 amide bonds. The molecular formula is C61H39N3O2S. The van der Waals surface area contributed by atoms with Crippen LogP contribution >= 0.6 is 11.3 Å². The van der Waals surface area contributed by atoms with Crippen LogP contribution in [0.3, 0.4) is 0 Å². The Morgan fingerprint density at radius 3 is 1.84 bits per heavy atom. The second-order valence-electron chi connectivity index (χ2n) is 18.0. The fourth-order valence-electron chi connectivity index (χ4n) is 11.4. The first-order valence-electron chi connectivity index (χ1n) is 23.1. The van der Waals surface area contributed by atoms with Gasteiger partial charge in [0, 0.05) is 59.3 Å². The highest BCUT2D eigenvalue weighted by Gasteiger charge is 2.28. The normalized spacial score (nSPS) is 14.1. The van der Waals surface area contributed by atoms with Crippen molar-refractivity contribution in [2.75, 3.05) is 4.90 Å². The van der Waals surface area contributed by atoms with Crippen molar-refractivity contribution in [1.82, 2.24) is 9.13 Å². The van der Waals surface area contributed by atoms with Crippen LogP contribution in [-0.4, -0.2) is 9.13 Å². The zero-order valence-corrected chi connectivity index (χ0v) is 37.2. The molecular weight excluding hydrogens is 839 g/mol. The van der Waals surface area contributed by atoms with Crippen LogP contribution in [-0.2, 0) is 0 Å². The molecule has 0 radical (unpaired) electrons. The van der Waals surface area contributed by atoms with Gasteiger partial charge in [-0.15, -0.1) is 11.3 Å². The minimum absolute atomic E-state index is 0.481. The molecule has 1 aliphatic rings. The van der Waals surface area contributed by atoms with Gasteiger partial charge in [-0.05, 0) is 126 Å². The van der Waals surface area contributed by atoms with E-state index in [1.807, 2.05) is 23.5 Å². The van der Waals surface area contributed by atoms with Gasteiger partial charge in [-0.3, -0.25) is 0 Å². The van der Waals surface area contributed by atoms with Crippen LogP contribution < -0.4 is 4.90 Å². The summed E-state index contributed by atoms with van der Waals surface area (Å²) in [6, 6.07) is 68.0. The number of anilines is 3. The van der Waals surface area contributed by atoms with Gasteiger partial charge >= 0.3 is 0 Å². The zero-order chi connectivity index (χ0) is 43.9. The van der Waals surface area contributed by atoms with Crippen molar-refractivity contribution in [2.24, 2.45) is 0 Å². The summed E-state index contributed by atoms with van der Waals surface area (Å²) in [7, 11) is 0. The Hall–Kier alpha value is -8.32. The molecule has 0 aliphatic heterocycles. The molecule has 1 unspecified atom stereocenters. The summed E-state index contributed by atoms with van der Waals surface area (Å²) in [5.41, 5.74) is 14.8. The molecule has 0 saturated heterocycles. The van der Waals surface area contributed by atoms with E-state index in [2.05, 4.69) is 209 Å². The molecule has 1 aliphatic carbocycles. The molecule has 5 nitrogen and oxygen atoms in total. The van der Waals surface area contributed by atoms with Crippen molar-refractivity contribution in [3.05, 3.63) is 205 Å². The van der Waals surface area contributed by atoms with Crippen LogP contribution in [0.4, 0.5) is 17.1 Å². The Bertz CT molecular complexity index is 4350. The van der Waals surface area contributed by atoms with Crippen molar-refractivity contribution in [3.63, 3.8) is 0 Å². The number of aromatic nitrogens is 2. The van der Waals surface area contributed by atoms with Gasteiger partial charge in [0.25, 0.3) is 0 Å². The molecule has 67 heavy (non-hydrogen) atoms. The molecule has 0 saturated carbocycles. The second kappa shape index (κ2) is 13.8. The van der Waals surface area contributed by atoms with Gasteiger partial charge in [0.2, 0.25) is 0 Å². The van der Waals surface area contributed by atoms with Crippen molar-refractivity contribution >= 4 is 132 Å². The van der Waals surface area contributed by atoms with Gasteiger partial charge in [-0.25, -0.2) is 0 Å². The number of hydrogen-bond donors (Lipinski definition) is 0. The van der Waals surface area contributed by atoms with E-state index in [9.17, 15) is 0 Å². The lowest BCUT2D eigenvalue weighted by molar-refractivity contribution is 0.669. The highest BCUT2D eigenvalue weighted by Crippen LogP contribution is 2.51. The van der Waals surface area contributed by atoms with Crippen LogP contribution in [0.5, 0.6) is 0 Å². The lowest BCUT2D eigenvalue weighted by Crippen LogP contribution is -2.10. The quantitative estimate of drug-likeness (QED) is 0.173. The maximum absolute atomic E-state index is 7.64. The molecule has 9 aromatic carbocycles. The summed E-state index contributed by atoms with van der Waals surface area (Å²) in [6.45, 7) is 2.36. The summed E-state index contributed by atoms with van der Waals surface area (Å²) >= 11 is 1.90. The number of furan rings is 2. The third-order valence-corrected chi connectivity index (χ3v) is 15.4.